The Morgan fingerprint density at radius 1 is 1.03 bits per heavy atom. The monoisotopic (exact) mass is 455 g/mol. The van der Waals surface area contributed by atoms with Crippen molar-refractivity contribution in [1.29, 1.82) is 0 Å². The average Bonchev–Trinajstić information content (AvgIpc) is 2.94. The molecule has 0 aliphatic carbocycles. The summed E-state index contributed by atoms with van der Waals surface area (Å²) in [6.07, 6.45) is -3.48. The predicted molar refractivity (Wildman–Crippen MR) is 103 cm³/mol. The van der Waals surface area contributed by atoms with E-state index in [1.54, 1.807) is 0 Å². The van der Waals surface area contributed by atoms with Crippen molar-refractivity contribution in [2.75, 3.05) is 5.32 Å². The van der Waals surface area contributed by atoms with E-state index in [4.69, 9.17) is 11.6 Å². The summed E-state index contributed by atoms with van der Waals surface area (Å²) in [6.45, 7) is 0. The van der Waals surface area contributed by atoms with Crippen molar-refractivity contribution < 1.29 is 26.0 Å². The largest absolute Gasteiger partial charge is 0.418 e. The lowest BCUT2D eigenvalue weighted by Gasteiger charge is -2.12. The van der Waals surface area contributed by atoms with Crippen LogP contribution in [0.5, 0.6) is 0 Å². The summed E-state index contributed by atoms with van der Waals surface area (Å²) in [7, 11) is -4.18. The third-order valence-electron chi connectivity index (χ3n) is 4.29. The van der Waals surface area contributed by atoms with Crippen LogP contribution in [0.1, 0.15) is 11.1 Å². The quantitative estimate of drug-likeness (QED) is 0.544. The van der Waals surface area contributed by atoms with E-state index in [0.717, 1.165) is 24.3 Å². The zero-order chi connectivity index (χ0) is 21.7. The minimum absolute atomic E-state index is 0.0285. The van der Waals surface area contributed by atoms with Crippen LogP contribution in [0.2, 0.25) is 5.02 Å². The first-order chi connectivity index (χ1) is 14.1. The first-order valence-corrected chi connectivity index (χ1v) is 10.1. The van der Waals surface area contributed by atoms with Crippen LogP contribution >= 0.6 is 11.6 Å². The second-order valence-corrected chi connectivity index (χ2v) is 8.26. The maximum atomic E-state index is 13.6. The van der Waals surface area contributed by atoms with Crippen LogP contribution in [0.15, 0.2) is 64.0 Å². The van der Waals surface area contributed by atoms with Crippen LogP contribution < -0.4 is 5.32 Å². The number of amidine groups is 1. The number of aromatic nitrogens is 1. The number of nitrogens with zero attached hydrogens (tertiary/aromatic N) is 2. The molecule has 0 bridgehead atoms. The second-order valence-electron chi connectivity index (χ2n) is 6.28. The zero-order valence-corrected chi connectivity index (χ0v) is 16.3. The van der Waals surface area contributed by atoms with Gasteiger partial charge < -0.3 is 5.32 Å². The molecule has 1 aromatic heterocycles. The lowest BCUT2D eigenvalue weighted by Crippen LogP contribution is -2.12. The van der Waals surface area contributed by atoms with E-state index in [1.165, 1.54) is 30.5 Å². The maximum absolute atomic E-state index is 13.6. The van der Waals surface area contributed by atoms with Gasteiger partial charge in [0, 0.05) is 23.0 Å². The van der Waals surface area contributed by atoms with Gasteiger partial charge in [-0.25, -0.2) is 4.39 Å². The van der Waals surface area contributed by atoms with Gasteiger partial charge in [0.05, 0.1) is 16.3 Å². The Morgan fingerprint density at radius 2 is 1.80 bits per heavy atom. The Labute approximate surface area is 173 Å². The number of nitrogens with one attached hydrogen (secondary N) is 1. The van der Waals surface area contributed by atoms with Crippen LogP contribution in [0.25, 0.3) is 11.3 Å². The molecule has 154 valence electrons. The molecule has 2 aromatic carbocycles. The summed E-state index contributed by atoms with van der Waals surface area (Å²) in [5, 5.41) is 2.58. The SMILES string of the molecule is O=S1(=O)N=C(Nc2ccc(Cl)c(F)c2)c2ccc(-c3ncccc3C(F)(F)F)cc21. The molecule has 0 unspecified atom stereocenters. The van der Waals surface area contributed by atoms with Crippen molar-refractivity contribution in [3.05, 3.63) is 76.7 Å². The van der Waals surface area contributed by atoms with E-state index in [9.17, 15) is 26.0 Å². The third kappa shape index (κ3) is 3.63. The number of halogens is 5. The maximum Gasteiger partial charge on any atom is 0.418 e. The number of alkyl halides is 3. The molecule has 0 spiro atoms. The molecule has 0 atom stereocenters. The highest BCUT2D eigenvalue weighted by atomic mass is 35.5. The van der Waals surface area contributed by atoms with E-state index < -0.39 is 33.3 Å². The van der Waals surface area contributed by atoms with Crippen molar-refractivity contribution in [2.24, 2.45) is 4.40 Å². The number of rotatable bonds is 2. The van der Waals surface area contributed by atoms with Gasteiger partial charge in [0.15, 0.2) is 5.84 Å². The van der Waals surface area contributed by atoms with Gasteiger partial charge >= 0.3 is 6.18 Å². The van der Waals surface area contributed by atoms with E-state index in [1.807, 2.05) is 0 Å². The normalized spacial score (nSPS) is 14.9. The van der Waals surface area contributed by atoms with Crippen LogP contribution in [0.3, 0.4) is 0 Å². The fourth-order valence-corrected chi connectivity index (χ4v) is 4.28. The molecule has 1 aliphatic rings. The van der Waals surface area contributed by atoms with Crippen molar-refractivity contribution in [2.45, 2.75) is 11.1 Å². The van der Waals surface area contributed by atoms with Gasteiger partial charge in [-0.15, -0.1) is 4.40 Å². The Bertz CT molecular complexity index is 1310. The van der Waals surface area contributed by atoms with E-state index in [2.05, 4.69) is 14.7 Å². The van der Waals surface area contributed by atoms with E-state index in [-0.39, 0.29) is 32.6 Å². The third-order valence-corrected chi connectivity index (χ3v) is 5.92. The van der Waals surface area contributed by atoms with Crippen LogP contribution in [0, 0.1) is 5.82 Å². The predicted octanol–water partition coefficient (Wildman–Crippen LogP) is 5.12. The van der Waals surface area contributed by atoms with Crippen LogP contribution in [0.4, 0.5) is 23.2 Å². The Hall–Kier alpha value is -2.98. The van der Waals surface area contributed by atoms with E-state index in [0.29, 0.717) is 0 Å². The summed E-state index contributed by atoms with van der Waals surface area (Å²) in [5.74, 6) is -0.802. The smallest absolute Gasteiger partial charge is 0.339 e. The minimum atomic E-state index is -4.66. The number of anilines is 1. The Balaban J connectivity index is 1.77. The van der Waals surface area contributed by atoms with Crippen LogP contribution in [-0.2, 0) is 16.2 Å². The summed E-state index contributed by atoms with van der Waals surface area (Å²) in [6, 6.07) is 9.51. The topological polar surface area (TPSA) is 71.4 Å². The highest BCUT2D eigenvalue weighted by Gasteiger charge is 2.35. The molecule has 0 amide bonds. The summed E-state index contributed by atoms with van der Waals surface area (Å²) in [5.41, 5.74) is -1.08. The van der Waals surface area contributed by atoms with Crippen LogP contribution in [-0.4, -0.2) is 19.2 Å². The molecule has 2 heterocycles. The van der Waals surface area contributed by atoms with Gasteiger partial charge in [0.1, 0.15) is 10.7 Å². The van der Waals surface area contributed by atoms with Gasteiger partial charge in [-0.05, 0) is 42.5 Å². The van der Waals surface area contributed by atoms with Gasteiger partial charge in [0.2, 0.25) is 0 Å². The summed E-state index contributed by atoms with van der Waals surface area (Å²) in [4.78, 5) is 3.49. The highest BCUT2D eigenvalue weighted by Crippen LogP contribution is 2.38. The molecular formula is C19H10ClF4N3O2S. The molecule has 0 saturated carbocycles. The molecule has 1 N–H and O–H groups in total. The molecule has 0 fully saturated rings. The zero-order valence-electron chi connectivity index (χ0n) is 14.7. The lowest BCUT2D eigenvalue weighted by molar-refractivity contribution is -0.137. The number of sulfonamides is 1. The fraction of sp³-hybridized carbons (Fsp3) is 0.0526. The van der Waals surface area contributed by atoms with Crippen molar-refractivity contribution in [3.8, 4) is 11.3 Å². The van der Waals surface area contributed by atoms with Crippen molar-refractivity contribution in [1.82, 2.24) is 4.98 Å². The average molecular weight is 456 g/mol. The Kier molecular flexibility index (Phi) is 4.78. The number of hydrogen-bond acceptors (Lipinski definition) is 4. The molecule has 5 nitrogen and oxygen atoms in total. The molecule has 30 heavy (non-hydrogen) atoms. The molecule has 0 radical (unpaired) electrons. The minimum Gasteiger partial charge on any atom is -0.339 e. The van der Waals surface area contributed by atoms with Gasteiger partial charge in [-0.3, -0.25) is 4.98 Å². The van der Waals surface area contributed by atoms with Crippen molar-refractivity contribution in [3.63, 3.8) is 0 Å². The van der Waals surface area contributed by atoms with Gasteiger partial charge in [0.25, 0.3) is 10.0 Å². The van der Waals surface area contributed by atoms with E-state index >= 15 is 0 Å². The Morgan fingerprint density at radius 3 is 2.50 bits per heavy atom. The summed E-state index contributed by atoms with van der Waals surface area (Å²) < 4.78 is 82.1. The first kappa shape index (κ1) is 20.3. The number of pyridine rings is 1. The molecular weight excluding hydrogens is 446 g/mol. The number of fused-ring (bicyclic) bond motifs is 1. The first-order valence-electron chi connectivity index (χ1n) is 8.30. The molecule has 0 saturated heterocycles. The molecule has 11 heteroatoms. The fourth-order valence-electron chi connectivity index (χ4n) is 2.96. The molecule has 3 aromatic rings. The molecule has 1 aliphatic heterocycles. The summed E-state index contributed by atoms with van der Waals surface area (Å²) >= 11 is 5.63. The van der Waals surface area contributed by atoms with Crippen molar-refractivity contribution >= 4 is 33.1 Å². The molecule has 4 rings (SSSR count). The van der Waals surface area contributed by atoms with Gasteiger partial charge in [-0.2, -0.15) is 21.6 Å². The number of hydrogen-bond donors (Lipinski definition) is 1. The number of benzene rings is 2. The van der Waals surface area contributed by atoms with Gasteiger partial charge in [-0.1, -0.05) is 17.7 Å². The lowest BCUT2D eigenvalue weighted by atomic mass is 10.0. The standard InChI is InChI=1S/C19H10ClF4N3O2S/c20-14-6-4-11(9-15(14)21)26-18-12-5-3-10(8-16(12)30(28,29)27-18)17-13(19(22,23)24)2-1-7-25-17/h1-9H,(H,26,27). The second kappa shape index (κ2) is 7.06. The highest BCUT2D eigenvalue weighted by molar-refractivity contribution is 7.90.